The minimum absolute atomic E-state index is 0.0559. The van der Waals surface area contributed by atoms with Crippen molar-refractivity contribution in [3.05, 3.63) is 29.3 Å². The van der Waals surface area contributed by atoms with E-state index in [1.165, 1.54) is 0 Å². The van der Waals surface area contributed by atoms with Gasteiger partial charge in [0.1, 0.15) is 0 Å². The monoisotopic (exact) mass is 162 g/mol. The van der Waals surface area contributed by atoms with Crippen LogP contribution in [0.3, 0.4) is 0 Å². The Labute approximate surface area is 70.6 Å². The van der Waals surface area contributed by atoms with Crippen LogP contribution in [0.1, 0.15) is 11.1 Å². The third-order valence-electron chi connectivity index (χ3n) is 2.12. The molecule has 3 heteroatoms. The van der Waals surface area contributed by atoms with Crippen LogP contribution >= 0.6 is 0 Å². The van der Waals surface area contributed by atoms with Crippen molar-refractivity contribution in [1.82, 2.24) is 5.32 Å². The summed E-state index contributed by atoms with van der Waals surface area (Å²) in [7, 11) is 0. The smallest absolute Gasteiger partial charge is 0.224 e. The molecule has 0 aromatic heterocycles. The molecular weight excluding hydrogens is 152 g/mol. The van der Waals surface area contributed by atoms with Gasteiger partial charge in [0.05, 0.1) is 6.42 Å². The molecule has 0 radical (unpaired) electrons. The molecule has 0 saturated carbocycles. The summed E-state index contributed by atoms with van der Waals surface area (Å²) in [5.74, 6) is 0.0559. The first-order valence-corrected chi connectivity index (χ1v) is 3.90. The Morgan fingerprint density at radius 3 is 3.08 bits per heavy atom. The predicted octanol–water partition coefficient (Wildman–Crippen LogP) is 0.441. The average Bonchev–Trinajstić information content (AvgIpc) is 2.07. The van der Waals surface area contributed by atoms with E-state index in [9.17, 15) is 4.79 Å². The van der Waals surface area contributed by atoms with Crippen LogP contribution in [0.2, 0.25) is 0 Å². The van der Waals surface area contributed by atoms with Crippen molar-refractivity contribution in [2.24, 2.45) is 0 Å². The normalized spacial score (nSPS) is 15.2. The zero-order valence-corrected chi connectivity index (χ0v) is 6.63. The number of fused-ring (bicyclic) bond motifs is 1. The summed E-state index contributed by atoms with van der Waals surface area (Å²) in [6, 6.07) is 5.73. The molecule has 1 aliphatic heterocycles. The van der Waals surface area contributed by atoms with E-state index in [-0.39, 0.29) is 5.91 Å². The lowest BCUT2D eigenvalue weighted by Gasteiger charge is -2.17. The van der Waals surface area contributed by atoms with Gasteiger partial charge >= 0.3 is 0 Å². The van der Waals surface area contributed by atoms with E-state index in [2.05, 4.69) is 5.32 Å². The molecule has 62 valence electrons. The van der Waals surface area contributed by atoms with Gasteiger partial charge in [-0.2, -0.15) is 0 Å². The zero-order chi connectivity index (χ0) is 8.55. The van der Waals surface area contributed by atoms with E-state index in [4.69, 9.17) is 5.73 Å². The molecule has 0 unspecified atom stereocenters. The first kappa shape index (κ1) is 7.16. The third kappa shape index (κ3) is 1.03. The van der Waals surface area contributed by atoms with Gasteiger partial charge in [-0.15, -0.1) is 0 Å². The average molecular weight is 162 g/mol. The van der Waals surface area contributed by atoms with Crippen molar-refractivity contribution in [3.8, 4) is 0 Å². The van der Waals surface area contributed by atoms with Gasteiger partial charge in [-0.05, 0) is 17.2 Å². The van der Waals surface area contributed by atoms with Crippen molar-refractivity contribution >= 4 is 11.6 Å². The molecule has 3 nitrogen and oxygen atoms in total. The molecule has 0 spiro atoms. The van der Waals surface area contributed by atoms with Gasteiger partial charge in [0.25, 0.3) is 0 Å². The fourth-order valence-corrected chi connectivity index (χ4v) is 1.45. The Morgan fingerprint density at radius 1 is 1.42 bits per heavy atom. The number of hydrogen-bond donors (Lipinski definition) is 2. The van der Waals surface area contributed by atoms with Crippen molar-refractivity contribution in [2.75, 3.05) is 5.73 Å². The van der Waals surface area contributed by atoms with E-state index >= 15 is 0 Å². The Hall–Kier alpha value is -1.51. The number of anilines is 1. The summed E-state index contributed by atoms with van der Waals surface area (Å²) in [4.78, 5) is 11.0. The lowest BCUT2D eigenvalue weighted by atomic mass is 9.99. The minimum Gasteiger partial charge on any atom is -0.398 e. The number of nitrogens with two attached hydrogens (primary N) is 1. The highest BCUT2D eigenvalue weighted by molar-refractivity contribution is 5.82. The van der Waals surface area contributed by atoms with Crippen LogP contribution in [0.5, 0.6) is 0 Å². The summed E-state index contributed by atoms with van der Waals surface area (Å²) in [5, 5.41) is 2.77. The van der Waals surface area contributed by atoms with Crippen LogP contribution in [-0.4, -0.2) is 5.91 Å². The SMILES string of the molecule is Nc1cccc2c1CC(=O)NC2. The topological polar surface area (TPSA) is 55.1 Å². The van der Waals surface area contributed by atoms with Gasteiger partial charge in [0.2, 0.25) is 5.91 Å². The molecule has 0 aliphatic carbocycles. The Morgan fingerprint density at radius 2 is 2.25 bits per heavy atom. The van der Waals surface area contributed by atoms with Gasteiger partial charge in [0.15, 0.2) is 0 Å². The van der Waals surface area contributed by atoms with Crippen LogP contribution in [0, 0.1) is 0 Å². The van der Waals surface area contributed by atoms with Gasteiger partial charge < -0.3 is 11.1 Å². The van der Waals surface area contributed by atoms with E-state index in [0.29, 0.717) is 13.0 Å². The number of amides is 1. The molecule has 12 heavy (non-hydrogen) atoms. The molecular formula is C9H10N2O. The lowest BCUT2D eigenvalue weighted by molar-refractivity contribution is -0.121. The molecule has 0 atom stereocenters. The second kappa shape index (κ2) is 2.52. The maximum Gasteiger partial charge on any atom is 0.224 e. The van der Waals surface area contributed by atoms with Crippen molar-refractivity contribution in [2.45, 2.75) is 13.0 Å². The van der Waals surface area contributed by atoms with Crippen LogP contribution in [-0.2, 0) is 17.8 Å². The van der Waals surface area contributed by atoms with Gasteiger partial charge in [-0.1, -0.05) is 12.1 Å². The zero-order valence-electron chi connectivity index (χ0n) is 6.63. The Balaban J connectivity index is 2.50. The maximum atomic E-state index is 11.0. The summed E-state index contributed by atoms with van der Waals surface area (Å²) < 4.78 is 0. The standard InChI is InChI=1S/C9H10N2O/c10-8-3-1-2-6-5-11-9(12)4-7(6)8/h1-3H,4-5,10H2,(H,11,12). The number of benzene rings is 1. The van der Waals surface area contributed by atoms with Crippen molar-refractivity contribution < 1.29 is 4.79 Å². The Kier molecular flexibility index (Phi) is 1.50. The molecule has 1 aliphatic rings. The first-order chi connectivity index (χ1) is 5.77. The fraction of sp³-hybridized carbons (Fsp3) is 0.222. The molecule has 1 aromatic carbocycles. The molecule has 2 rings (SSSR count). The number of carbonyl (C=O) groups is 1. The minimum atomic E-state index is 0.0559. The van der Waals surface area contributed by atoms with E-state index < -0.39 is 0 Å². The summed E-state index contributed by atoms with van der Waals surface area (Å²) in [5.41, 5.74) is 8.57. The molecule has 1 heterocycles. The van der Waals surface area contributed by atoms with Crippen LogP contribution in [0.25, 0.3) is 0 Å². The number of carbonyl (C=O) groups excluding carboxylic acids is 1. The van der Waals surface area contributed by atoms with Crippen molar-refractivity contribution in [3.63, 3.8) is 0 Å². The molecule has 0 fully saturated rings. The van der Waals surface area contributed by atoms with Crippen LogP contribution in [0.15, 0.2) is 18.2 Å². The summed E-state index contributed by atoms with van der Waals surface area (Å²) in [6.45, 7) is 0.610. The third-order valence-corrected chi connectivity index (χ3v) is 2.12. The Bertz CT molecular complexity index is 333. The highest BCUT2D eigenvalue weighted by atomic mass is 16.1. The lowest BCUT2D eigenvalue weighted by Crippen LogP contribution is -2.30. The van der Waals surface area contributed by atoms with E-state index in [1.54, 1.807) is 0 Å². The number of rotatable bonds is 0. The molecule has 1 aromatic rings. The summed E-state index contributed by atoms with van der Waals surface area (Å²) in [6.07, 6.45) is 0.419. The largest absolute Gasteiger partial charge is 0.398 e. The summed E-state index contributed by atoms with van der Waals surface area (Å²) >= 11 is 0. The van der Waals surface area contributed by atoms with Gasteiger partial charge in [-0.3, -0.25) is 4.79 Å². The first-order valence-electron chi connectivity index (χ1n) is 3.90. The predicted molar refractivity (Wildman–Crippen MR) is 46.4 cm³/mol. The second-order valence-electron chi connectivity index (χ2n) is 2.94. The quantitative estimate of drug-likeness (QED) is 0.544. The highest BCUT2D eigenvalue weighted by Crippen LogP contribution is 2.20. The van der Waals surface area contributed by atoms with Gasteiger partial charge in [0, 0.05) is 12.2 Å². The van der Waals surface area contributed by atoms with Crippen LogP contribution in [0.4, 0.5) is 5.69 Å². The molecule has 1 amide bonds. The highest BCUT2D eigenvalue weighted by Gasteiger charge is 2.15. The number of hydrogen-bond acceptors (Lipinski definition) is 2. The van der Waals surface area contributed by atoms with Crippen LogP contribution < -0.4 is 11.1 Å². The fourth-order valence-electron chi connectivity index (χ4n) is 1.45. The van der Waals surface area contributed by atoms with Crippen molar-refractivity contribution in [1.29, 1.82) is 0 Å². The van der Waals surface area contributed by atoms with E-state index in [1.807, 2.05) is 18.2 Å². The maximum absolute atomic E-state index is 11.0. The molecule has 3 N–H and O–H groups in total. The van der Waals surface area contributed by atoms with Gasteiger partial charge in [-0.25, -0.2) is 0 Å². The van der Waals surface area contributed by atoms with E-state index in [0.717, 1.165) is 16.8 Å². The molecule has 0 saturated heterocycles. The molecule has 0 bridgehead atoms. The number of nitrogen functional groups attached to an aromatic ring is 1. The second-order valence-corrected chi connectivity index (χ2v) is 2.94. The number of nitrogens with one attached hydrogen (secondary N) is 1.